The van der Waals surface area contributed by atoms with Crippen molar-refractivity contribution in [3.05, 3.63) is 69.6 Å². The molecule has 0 saturated carbocycles. The number of carbonyl (C=O) groups is 1. The lowest BCUT2D eigenvalue weighted by molar-refractivity contribution is -0.116. The number of hydrogen-bond donors (Lipinski definition) is 1. The maximum Gasteiger partial charge on any atom is 0.224 e. The Labute approximate surface area is 159 Å². The summed E-state index contributed by atoms with van der Waals surface area (Å²) in [6.45, 7) is 0. The number of halogens is 3. The Morgan fingerprint density at radius 2 is 1.84 bits per heavy atom. The lowest BCUT2D eigenvalue weighted by Gasteiger charge is -2.05. The summed E-state index contributed by atoms with van der Waals surface area (Å²) >= 11 is 17.9. The van der Waals surface area contributed by atoms with E-state index in [4.69, 9.17) is 39.2 Å². The van der Waals surface area contributed by atoms with Crippen LogP contribution in [0, 0.1) is 0 Å². The van der Waals surface area contributed by atoms with Gasteiger partial charge in [0.15, 0.2) is 11.7 Å². The quantitative estimate of drug-likeness (QED) is 0.587. The number of rotatable bonds is 5. The number of oxazole rings is 1. The highest BCUT2D eigenvalue weighted by Gasteiger charge is 2.11. The molecule has 0 fully saturated rings. The van der Waals surface area contributed by atoms with Crippen molar-refractivity contribution >= 4 is 46.4 Å². The number of aryl methyl sites for hydroxylation is 1. The molecule has 4 nitrogen and oxygen atoms in total. The van der Waals surface area contributed by atoms with Crippen LogP contribution < -0.4 is 5.32 Å². The molecule has 1 amide bonds. The Bertz CT molecular complexity index is 909. The third-order valence-electron chi connectivity index (χ3n) is 3.46. The number of amides is 1. The van der Waals surface area contributed by atoms with Crippen molar-refractivity contribution in [2.24, 2.45) is 0 Å². The van der Waals surface area contributed by atoms with Crippen LogP contribution in [0.1, 0.15) is 12.3 Å². The number of anilines is 1. The monoisotopic (exact) mass is 394 g/mol. The number of nitrogens with one attached hydrogen (secondary N) is 1. The molecule has 0 atom stereocenters. The second-order valence-electron chi connectivity index (χ2n) is 5.28. The van der Waals surface area contributed by atoms with Gasteiger partial charge in [-0.05, 0) is 30.3 Å². The van der Waals surface area contributed by atoms with E-state index in [1.54, 1.807) is 30.5 Å². The second-order valence-corrected chi connectivity index (χ2v) is 6.50. The molecule has 3 aromatic rings. The van der Waals surface area contributed by atoms with Gasteiger partial charge in [0.2, 0.25) is 5.91 Å². The molecular formula is C18H13Cl3N2O2. The molecule has 0 saturated heterocycles. The number of aromatic nitrogens is 1. The van der Waals surface area contributed by atoms with Gasteiger partial charge in [0.05, 0.1) is 21.3 Å². The molecule has 0 spiro atoms. The molecule has 0 aliphatic heterocycles. The number of hydrogen-bond acceptors (Lipinski definition) is 3. The third kappa shape index (κ3) is 4.54. The van der Waals surface area contributed by atoms with Gasteiger partial charge in [-0.15, -0.1) is 0 Å². The van der Waals surface area contributed by atoms with Gasteiger partial charge in [-0.2, -0.15) is 0 Å². The first-order valence-electron chi connectivity index (χ1n) is 7.47. The number of benzene rings is 2. The molecule has 0 radical (unpaired) electrons. The van der Waals surface area contributed by atoms with Gasteiger partial charge in [0, 0.05) is 24.1 Å². The van der Waals surface area contributed by atoms with Gasteiger partial charge in [-0.25, -0.2) is 4.98 Å². The van der Waals surface area contributed by atoms with Crippen LogP contribution in [0.2, 0.25) is 15.1 Å². The van der Waals surface area contributed by atoms with E-state index in [1.807, 2.05) is 18.2 Å². The van der Waals surface area contributed by atoms with E-state index in [0.717, 1.165) is 5.56 Å². The fourth-order valence-corrected chi connectivity index (χ4v) is 2.76. The molecule has 0 aliphatic rings. The zero-order chi connectivity index (χ0) is 17.8. The van der Waals surface area contributed by atoms with Gasteiger partial charge in [-0.1, -0.05) is 46.9 Å². The molecule has 1 aromatic heterocycles. The van der Waals surface area contributed by atoms with Crippen LogP contribution in [-0.4, -0.2) is 10.9 Å². The smallest absolute Gasteiger partial charge is 0.224 e. The van der Waals surface area contributed by atoms with Gasteiger partial charge in [0.25, 0.3) is 0 Å². The molecule has 25 heavy (non-hydrogen) atoms. The first-order chi connectivity index (χ1) is 12.0. The molecule has 3 rings (SSSR count). The summed E-state index contributed by atoms with van der Waals surface area (Å²) in [7, 11) is 0. The Balaban J connectivity index is 1.59. The molecule has 0 unspecified atom stereocenters. The predicted molar refractivity (Wildman–Crippen MR) is 100 cm³/mol. The molecule has 128 valence electrons. The first kappa shape index (κ1) is 17.8. The Hall–Kier alpha value is -2.01. The van der Waals surface area contributed by atoms with Gasteiger partial charge in [0.1, 0.15) is 0 Å². The molecule has 1 N–H and O–H groups in total. The molecule has 0 bridgehead atoms. The maximum atomic E-state index is 12.0. The Kier molecular flexibility index (Phi) is 5.63. The van der Waals surface area contributed by atoms with Crippen molar-refractivity contribution in [2.45, 2.75) is 12.8 Å². The summed E-state index contributed by atoms with van der Waals surface area (Å²) < 4.78 is 5.67. The molecule has 1 heterocycles. The number of nitrogens with zero attached hydrogens (tertiary/aromatic N) is 1. The van der Waals surface area contributed by atoms with Crippen LogP contribution in [0.4, 0.5) is 5.69 Å². The van der Waals surface area contributed by atoms with Crippen molar-refractivity contribution in [2.75, 3.05) is 5.32 Å². The highest BCUT2D eigenvalue weighted by Crippen LogP contribution is 2.28. The third-order valence-corrected chi connectivity index (χ3v) is 4.53. The minimum atomic E-state index is -0.170. The van der Waals surface area contributed by atoms with Crippen molar-refractivity contribution < 1.29 is 9.21 Å². The highest BCUT2D eigenvalue weighted by molar-refractivity contribution is 6.42. The molecular weight excluding hydrogens is 383 g/mol. The summed E-state index contributed by atoms with van der Waals surface area (Å²) in [5.41, 5.74) is 1.35. The van der Waals surface area contributed by atoms with Crippen LogP contribution >= 0.6 is 34.8 Å². The van der Waals surface area contributed by atoms with E-state index < -0.39 is 0 Å². The summed E-state index contributed by atoms with van der Waals surface area (Å²) in [5, 5.41) is 4.16. The van der Waals surface area contributed by atoms with E-state index in [9.17, 15) is 4.79 Å². The summed E-state index contributed by atoms with van der Waals surface area (Å²) in [5.74, 6) is 0.876. The SMILES string of the molecule is O=C(CCc1ncc(-c2ccccc2Cl)o1)Nc1ccc(Cl)c(Cl)c1. The standard InChI is InChI=1S/C18H13Cl3N2O2/c19-13-4-2-1-3-12(13)16-10-22-18(25-16)8-7-17(24)23-11-5-6-14(20)15(21)9-11/h1-6,9-10H,7-8H2,(H,23,24). The van der Waals surface area contributed by atoms with Crippen LogP contribution in [0.5, 0.6) is 0 Å². The minimum Gasteiger partial charge on any atom is -0.441 e. The van der Waals surface area contributed by atoms with E-state index in [0.29, 0.717) is 38.8 Å². The Morgan fingerprint density at radius 3 is 2.60 bits per heavy atom. The topological polar surface area (TPSA) is 55.1 Å². The first-order valence-corrected chi connectivity index (χ1v) is 8.61. The number of carbonyl (C=O) groups excluding carboxylic acids is 1. The van der Waals surface area contributed by atoms with Gasteiger partial charge >= 0.3 is 0 Å². The largest absolute Gasteiger partial charge is 0.441 e. The van der Waals surface area contributed by atoms with Crippen LogP contribution in [0.25, 0.3) is 11.3 Å². The maximum absolute atomic E-state index is 12.0. The second kappa shape index (κ2) is 7.91. The van der Waals surface area contributed by atoms with E-state index in [-0.39, 0.29) is 12.3 Å². The fourth-order valence-electron chi connectivity index (χ4n) is 2.23. The van der Waals surface area contributed by atoms with Crippen LogP contribution in [0.3, 0.4) is 0 Å². The van der Waals surface area contributed by atoms with Crippen molar-refractivity contribution in [1.29, 1.82) is 0 Å². The average Bonchev–Trinajstić information content (AvgIpc) is 3.05. The minimum absolute atomic E-state index is 0.170. The molecule has 0 aliphatic carbocycles. The van der Waals surface area contributed by atoms with Crippen molar-refractivity contribution in [3.63, 3.8) is 0 Å². The predicted octanol–water partition coefficient (Wildman–Crippen LogP) is 5.87. The van der Waals surface area contributed by atoms with Gasteiger partial charge < -0.3 is 9.73 Å². The van der Waals surface area contributed by atoms with Crippen LogP contribution in [0.15, 0.2) is 53.1 Å². The normalized spacial score (nSPS) is 10.7. The highest BCUT2D eigenvalue weighted by atomic mass is 35.5. The van der Waals surface area contributed by atoms with Gasteiger partial charge in [-0.3, -0.25) is 4.79 Å². The lowest BCUT2D eigenvalue weighted by atomic mass is 10.2. The van der Waals surface area contributed by atoms with Crippen molar-refractivity contribution in [1.82, 2.24) is 4.98 Å². The summed E-state index contributed by atoms with van der Waals surface area (Å²) in [6.07, 6.45) is 2.20. The zero-order valence-electron chi connectivity index (χ0n) is 12.9. The molecule has 2 aromatic carbocycles. The van der Waals surface area contributed by atoms with E-state index >= 15 is 0 Å². The Morgan fingerprint density at radius 1 is 1.04 bits per heavy atom. The van der Waals surface area contributed by atoms with E-state index in [2.05, 4.69) is 10.3 Å². The summed E-state index contributed by atoms with van der Waals surface area (Å²) in [6, 6.07) is 12.3. The average molecular weight is 396 g/mol. The summed E-state index contributed by atoms with van der Waals surface area (Å²) in [4.78, 5) is 16.2. The fraction of sp³-hybridized carbons (Fsp3) is 0.111. The van der Waals surface area contributed by atoms with Crippen molar-refractivity contribution in [3.8, 4) is 11.3 Å². The van der Waals surface area contributed by atoms with Crippen LogP contribution in [-0.2, 0) is 11.2 Å². The molecule has 7 heteroatoms. The van der Waals surface area contributed by atoms with E-state index in [1.165, 1.54) is 0 Å². The lowest BCUT2D eigenvalue weighted by Crippen LogP contribution is -2.12. The zero-order valence-corrected chi connectivity index (χ0v) is 15.2.